The minimum absolute atomic E-state index is 0.187. The summed E-state index contributed by atoms with van der Waals surface area (Å²) in [4.78, 5) is 29.7. The van der Waals surface area contributed by atoms with Gasteiger partial charge >= 0.3 is 5.69 Å². The first-order chi connectivity index (χ1) is 14.8. The van der Waals surface area contributed by atoms with E-state index >= 15 is 0 Å². The number of hydrogen-bond donors (Lipinski definition) is 1. The smallest absolute Gasteiger partial charge is 0.324 e. The van der Waals surface area contributed by atoms with Crippen LogP contribution < -0.4 is 11.0 Å². The second kappa shape index (κ2) is 8.32. The van der Waals surface area contributed by atoms with Crippen molar-refractivity contribution in [3.63, 3.8) is 0 Å². The van der Waals surface area contributed by atoms with E-state index in [1.165, 1.54) is 10.6 Å². The molecule has 0 saturated heterocycles. The van der Waals surface area contributed by atoms with Crippen molar-refractivity contribution in [1.82, 2.24) is 9.55 Å². The molecule has 156 valence electrons. The lowest BCUT2D eigenvalue weighted by Gasteiger charge is -2.14. The Morgan fingerprint density at radius 2 is 1.87 bits per heavy atom. The molecule has 3 aromatic carbocycles. The molecule has 0 fully saturated rings. The van der Waals surface area contributed by atoms with Crippen LogP contribution in [0.3, 0.4) is 0 Å². The highest BCUT2D eigenvalue weighted by atomic mass is 35.5. The number of rotatable bonds is 4. The number of carbonyl (C=O) groups excluding carboxylic acids is 1. The van der Waals surface area contributed by atoms with Gasteiger partial charge in [-0.1, -0.05) is 35.9 Å². The summed E-state index contributed by atoms with van der Waals surface area (Å²) < 4.78 is 15.7. The monoisotopic (exact) mass is 435 g/mol. The van der Waals surface area contributed by atoms with Crippen LogP contribution in [-0.4, -0.2) is 15.5 Å². The Labute approximate surface area is 183 Å². The number of aryl methyl sites for hydroxylation is 1. The molecule has 0 aliphatic carbocycles. The fourth-order valence-electron chi connectivity index (χ4n) is 3.48. The highest BCUT2D eigenvalue weighted by Gasteiger charge is 2.17. The summed E-state index contributed by atoms with van der Waals surface area (Å²) in [6.07, 6.45) is 0. The van der Waals surface area contributed by atoms with Crippen molar-refractivity contribution in [3.8, 4) is 11.3 Å². The van der Waals surface area contributed by atoms with Crippen LogP contribution in [0.4, 0.5) is 10.1 Å². The lowest BCUT2D eigenvalue weighted by molar-refractivity contribution is -0.116. The lowest BCUT2D eigenvalue weighted by atomic mass is 10.1. The van der Waals surface area contributed by atoms with Crippen molar-refractivity contribution in [1.29, 1.82) is 0 Å². The van der Waals surface area contributed by atoms with Crippen molar-refractivity contribution in [3.05, 3.63) is 93.1 Å². The number of nitrogens with zero attached hydrogens (tertiary/aromatic N) is 2. The second-order valence-corrected chi connectivity index (χ2v) is 7.70. The van der Waals surface area contributed by atoms with Gasteiger partial charge in [0, 0.05) is 21.7 Å². The SMILES string of the molecule is Cc1cccc(NC(=O)Cn2c(=O)nc(-c3ccccc3F)c3cc(Cl)ccc32)c1C. The maximum atomic E-state index is 14.4. The van der Waals surface area contributed by atoms with E-state index in [0.29, 0.717) is 21.6 Å². The Morgan fingerprint density at radius 1 is 1.10 bits per heavy atom. The van der Waals surface area contributed by atoms with Crippen LogP contribution in [0.5, 0.6) is 0 Å². The first-order valence-electron chi connectivity index (χ1n) is 9.66. The molecule has 4 aromatic rings. The summed E-state index contributed by atoms with van der Waals surface area (Å²) in [5.41, 5.74) is 2.86. The third-order valence-electron chi connectivity index (χ3n) is 5.25. The van der Waals surface area contributed by atoms with Crippen molar-refractivity contribution in [2.24, 2.45) is 0 Å². The van der Waals surface area contributed by atoms with E-state index < -0.39 is 11.5 Å². The summed E-state index contributed by atoms with van der Waals surface area (Å²) in [5, 5.41) is 3.74. The first kappa shape index (κ1) is 20.8. The summed E-state index contributed by atoms with van der Waals surface area (Å²) in [5.74, 6) is -0.867. The first-order valence-corrected chi connectivity index (χ1v) is 10.0. The Bertz CT molecular complexity index is 1380. The normalized spacial score (nSPS) is 11.0. The van der Waals surface area contributed by atoms with Gasteiger partial charge < -0.3 is 5.32 Å². The van der Waals surface area contributed by atoms with E-state index in [1.807, 2.05) is 26.0 Å². The molecule has 1 heterocycles. The van der Waals surface area contributed by atoms with E-state index in [9.17, 15) is 14.0 Å². The number of carbonyl (C=O) groups is 1. The summed E-state index contributed by atoms with van der Waals surface area (Å²) in [7, 11) is 0. The van der Waals surface area contributed by atoms with Crippen LogP contribution >= 0.6 is 11.6 Å². The van der Waals surface area contributed by atoms with E-state index in [4.69, 9.17) is 11.6 Å². The Hall–Kier alpha value is -3.51. The molecule has 0 unspecified atom stereocenters. The van der Waals surface area contributed by atoms with E-state index in [0.717, 1.165) is 11.1 Å². The van der Waals surface area contributed by atoms with Crippen LogP contribution in [0, 0.1) is 19.7 Å². The topological polar surface area (TPSA) is 64.0 Å². The third-order valence-corrected chi connectivity index (χ3v) is 5.49. The zero-order valence-corrected chi connectivity index (χ0v) is 17.7. The largest absolute Gasteiger partial charge is 0.349 e. The van der Waals surface area contributed by atoms with E-state index in [2.05, 4.69) is 10.3 Å². The highest BCUT2D eigenvalue weighted by Crippen LogP contribution is 2.29. The minimum atomic E-state index is -0.649. The molecule has 0 atom stereocenters. The summed E-state index contributed by atoms with van der Waals surface area (Å²) >= 11 is 6.17. The highest BCUT2D eigenvalue weighted by molar-refractivity contribution is 6.31. The number of aromatic nitrogens is 2. The van der Waals surface area contributed by atoms with Gasteiger partial charge in [0.25, 0.3) is 0 Å². The van der Waals surface area contributed by atoms with Crippen molar-refractivity contribution < 1.29 is 9.18 Å². The summed E-state index contributed by atoms with van der Waals surface area (Å²) in [6, 6.07) is 16.6. The number of benzene rings is 3. The van der Waals surface area contributed by atoms with Crippen LogP contribution in [-0.2, 0) is 11.3 Å². The molecule has 0 spiro atoms. The molecule has 1 amide bonds. The van der Waals surface area contributed by atoms with E-state index in [-0.39, 0.29) is 23.7 Å². The molecule has 7 heteroatoms. The average molecular weight is 436 g/mol. The van der Waals surface area contributed by atoms with Crippen LogP contribution in [0.1, 0.15) is 11.1 Å². The minimum Gasteiger partial charge on any atom is -0.324 e. The molecular weight excluding hydrogens is 417 g/mol. The van der Waals surface area contributed by atoms with E-state index in [1.54, 1.807) is 42.5 Å². The Morgan fingerprint density at radius 3 is 2.65 bits per heavy atom. The number of hydrogen-bond acceptors (Lipinski definition) is 3. The Balaban J connectivity index is 1.79. The molecule has 0 bridgehead atoms. The standard InChI is InChI=1S/C24H19ClFN3O2/c1-14-6-5-9-20(15(14)2)27-22(30)13-29-21-11-10-16(25)12-18(21)23(28-24(29)31)17-7-3-4-8-19(17)26/h3-12H,13H2,1-2H3,(H,27,30). The third kappa shape index (κ3) is 4.07. The fourth-order valence-corrected chi connectivity index (χ4v) is 3.66. The number of halogens is 2. The fraction of sp³-hybridized carbons (Fsp3) is 0.125. The zero-order chi connectivity index (χ0) is 22.1. The number of nitrogens with one attached hydrogen (secondary N) is 1. The molecular formula is C24H19ClFN3O2. The van der Waals surface area contributed by atoms with Gasteiger partial charge in [0.2, 0.25) is 5.91 Å². The van der Waals surface area contributed by atoms with Crippen molar-refractivity contribution in [2.45, 2.75) is 20.4 Å². The quantitative estimate of drug-likeness (QED) is 0.484. The average Bonchev–Trinajstić information content (AvgIpc) is 2.74. The molecule has 5 nitrogen and oxygen atoms in total. The second-order valence-electron chi connectivity index (χ2n) is 7.27. The molecule has 0 radical (unpaired) electrons. The molecule has 4 rings (SSSR count). The predicted molar refractivity (Wildman–Crippen MR) is 121 cm³/mol. The molecule has 1 aromatic heterocycles. The maximum Gasteiger partial charge on any atom is 0.349 e. The summed E-state index contributed by atoms with van der Waals surface area (Å²) in [6.45, 7) is 3.63. The predicted octanol–water partition coefficient (Wildman–Crippen LogP) is 5.11. The van der Waals surface area contributed by atoms with Gasteiger partial charge in [-0.15, -0.1) is 0 Å². The number of anilines is 1. The van der Waals surface area contributed by atoms with Gasteiger partial charge in [0.15, 0.2) is 0 Å². The van der Waals surface area contributed by atoms with Crippen LogP contribution in [0.25, 0.3) is 22.2 Å². The molecule has 0 saturated carbocycles. The van der Waals surface area contributed by atoms with Crippen molar-refractivity contribution >= 4 is 34.1 Å². The zero-order valence-electron chi connectivity index (χ0n) is 16.9. The van der Waals surface area contributed by atoms with Gasteiger partial charge in [-0.25, -0.2) is 9.18 Å². The maximum absolute atomic E-state index is 14.4. The molecule has 1 N–H and O–H groups in total. The van der Waals surface area contributed by atoms with Gasteiger partial charge in [-0.3, -0.25) is 9.36 Å². The molecule has 0 aliphatic heterocycles. The molecule has 31 heavy (non-hydrogen) atoms. The van der Waals surface area contributed by atoms with Gasteiger partial charge in [-0.2, -0.15) is 4.98 Å². The Kier molecular flexibility index (Phi) is 5.57. The van der Waals surface area contributed by atoms with Gasteiger partial charge in [0.05, 0.1) is 11.2 Å². The number of fused-ring (bicyclic) bond motifs is 1. The van der Waals surface area contributed by atoms with Crippen LogP contribution in [0.15, 0.2) is 65.5 Å². The van der Waals surface area contributed by atoms with Crippen LogP contribution in [0.2, 0.25) is 5.02 Å². The molecule has 0 aliphatic rings. The van der Waals surface area contributed by atoms with Gasteiger partial charge in [-0.05, 0) is 61.4 Å². The lowest BCUT2D eigenvalue weighted by Crippen LogP contribution is -2.30. The van der Waals surface area contributed by atoms with Gasteiger partial charge in [0.1, 0.15) is 12.4 Å². The number of amides is 1. The van der Waals surface area contributed by atoms with Crippen molar-refractivity contribution in [2.75, 3.05) is 5.32 Å².